The van der Waals surface area contributed by atoms with Crippen LogP contribution in [0.2, 0.25) is 0 Å². The molecule has 0 fully saturated rings. The van der Waals surface area contributed by atoms with Crippen LogP contribution in [0.25, 0.3) is 5.82 Å². The molecular formula is C20H25IN6O2. The minimum atomic E-state index is 0. The molecule has 2 aromatic heterocycles. The van der Waals surface area contributed by atoms with E-state index in [9.17, 15) is 0 Å². The van der Waals surface area contributed by atoms with E-state index in [1.54, 1.807) is 31.2 Å². The molecule has 0 aliphatic heterocycles. The summed E-state index contributed by atoms with van der Waals surface area (Å²) in [5.41, 5.74) is 1.08. The molecule has 3 aromatic rings. The molecule has 0 spiro atoms. The third-order valence-corrected chi connectivity index (χ3v) is 3.96. The highest BCUT2D eigenvalue weighted by Crippen LogP contribution is 2.16. The number of ether oxygens (including phenoxy) is 2. The van der Waals surface area contributed by atoms with Crippen LogP contribution in [-0.2, 0) is 6.54 Å². The molecule has 3 rings (SSSR count). The molecule has 0 saturated carbocycles. The van der Waals surface area contributed by atoms with Gasteiger partial charge >= 0.3 is 0 Å². The molecule has 0 unspecified atom stereocenters. The molecule has 2 N–H and O–H groups in total. The van der Waals surface area contributed by atoms with Crippen LogP contribution in [0.4, 0.5) is 0 Å². The number of rotatable bonds is 8. The number of nitrogens with zero attached hydrogens (tertiary/aromatic N) is 4. The number of methoxy groups -OCH3 is 1. The Labute approximate surface area is 187 Å². The Morgan fingerprint density at radius 1 is 1.10 bits per heavy atom. The highest BCUT2D eigenvalue weighted by molar-refractivity contribution is 14.0. The molecule has 0 bridgehead atoms. The van der Waals surface area contributed by atoms with Gasteiger partial charge in [-0.05, 0) is 48.0 Å². The Morgan fingerprint density at radius 2 is 1.90 bits per heavy atom. The molecule has 1 aromatic carbocycles. The second-order valence-electron chi connectivity index (χ2n) is 5.85. The fraction of sp³-hybridized carbons (Fsp3) is 0.250. The summed E-state index contributed by atoms with van der Waals surface area (Å²) >= 11 is 0. The summed E-state index contributed by atoms with van der Waals surface area (Å²) in [6.07, 6.45) is 5.36. The number of pyridine rings is 1. The maximum atomic E-state index is 5.70. The van der Waals surface area contributed by atoms with E-state index in [-0.39, 0.29) is 24.0 Å². The summed E-state index contributed by atoms with van der Waals surface area (Å²) in [6.45, 7) is 1.77. The lowest BCUT2D eigenvalue weighted by atomic mass is 10.2. The van der Waals surface area contributed by atoms with Crippen molar-refractivity contribution in [3.05, 3.63) is 66.6 Å². The second-order valence-corrected chi connectivity index (χ2v) is 5.85. The van der Waals surface area contributed by atoms with E-state index in [0.29, 0.717) is 25.7 Å². The second kappa shape index (κ2) is 11.9. The van der Waals surface area contributed by atoms with Gasteiger partial charge in [-0.3, -0.25) is 4.99 Å². The standard InChI is InChI=1S/C20H24N6O2.HI/c1-21-20(23-11-13-28-18-6-4-17(27-2)5-7-18)24-15-16-8-10-22-19(14-16)26-12-3-9-25-26;/h3-10,12,14H,11,13,15H2,1-2H3,(H2,21,23,24);1H. The van der Waals surface area contributed by atoms with Crippen LogP contribution in [0.3, 0.4) is 0 Å². The van der Waals surface area contributed by atoms with Crippen molar-refractivity contribution in [2.75, 3.05) is 27.3 Å². The first kappa shape index (κ1) is 22.5. The highest BCUT2D eigenvalue weighted by Gasteiger charge is 2.02. The van der Waals surface area contributed by atoms with Gasteiger partial charge in [-0.25, -0.2) is 9.67 Å². The van der Waals surface area contributed by atoms with Crippen molar-refractivity contribution in [1.29, 1.82) is 0 Å². The van der Waals surface area contributed by atoms with Crippen LogP contribution in [-0.4, -0.2) is 48.0 Å². The summed E-state index contributed by atoms with van der Waals surface area (Å²) in [5.74, 6) is 3.09. The van der Waals surface area contributed by atoms with Gasteiger partial charge in [-0.15, -0.1) is 24.0 Å². The third kappa shape index (κ3) is 6.93. The van der Waals surface area contributed by atoms with Crippen LogP contribution < -0.4 is 20.1 Å². The lowest BCUT2D eigenvalue weighted by molar-refractivity contribution is 0.321. The molecule has 0 aliphatic rings. The van der Waals surface area contributed by atoms with Gasteiger partial charge in [0.05, 0.1) is 13.7 Å². The predicted molar refractivity (Wildman–Crippen MR) is 123 cm³/mol. The number of halogens is 1. The maximum absolute atomic E-state index is 5.70. The molecule has 9 heteroatoms. The summed E-state index contributed by atoms with van der Waals surface area (Å²) in [5, 5.41) is 10.7. The Morgan fingerprint density at radius 3 is 2.59 bits per heavy atom. The molecule has 0 amide bonds. The monoisotopic (exact) mass is 508 g/mol. The predicted octanol–water partition coefficient (Wildman–Crippen LogP) is 2.64. The van der Waals surface area contributed by atoms with E-state index >= 15 is 0 Å². The SMILES string of the molecule is CN=C(NCCOc1ccc(OC)cc1)NCc1ccnc(-n2cccn2)c1.I. The van der Waals surface area contributed by atoms with Crippen LogP contribution in [0.5, 0.6) is 11.5 Å². The van der Waals surface area contributed by atoms with Gasteiger partial charge in [0.2, 0.25) is 0 Å². The summed E-state index contributed by atoms with van der Waals surface area (Å²) < 4.78 is 12.6. The van der Waals surface area contributed by atoms with Gasteiger partial charge < -0.3 is 20.1 Å². The molecule has 154 valence electrons. The molecule has 0 radical (unpaired) electrons. The van der Waals surface area contributed by atoms with Crippen LogP contribution in [0, 0.1) is 0 Å². The number of nitrogens with one attached hydrogen (secondary N) is 2. The molecular weight excluding hydrogens is 483 g/mol. The van der Waals surface area contributed by atoms with E-state index in [4.69, 9.17) is 9.47 Å². The van der Waals surface area contributed by atoms with Crippen molar-refractivity contribution >= 4 is 29.9 Å². The normalized spacial score (nSPS) is 10.8. The largest absolute Gasteiger partial charge is 0.497 e. The number of hydrogen-bond donors (Lipinski definition) is 2. The first-order valence-corrected chi connectivity index (χ1v) is 8.95. The van der Waals surface area contributed by atoms with Crippen molar-refractivity contribution < 1.29 is 9.47 Å². The summed E-state index contributed by atoms with van der Waals surface area (Å²) in [7, 11) is 3.38. The minimum absolute atomic E-state index is 0. The van der Waals surface area contributed by atoms with Gasteiger partial charge in [0.25, 0.3) is 0 Å². The highest BCUT2D eigenvalue weighted by atomic mass is 127. The van der Waals surface area contributed by atoms with E-state index in [1.807, 2.05) is 48.7 Å². The van der Waals surface area contributed by atoms with Crippen molar-refractivity contribution in [2.45, 2.75) is 6.54 Å². The summed E-state index contributed by atoms with van der Waals surface area (Å²) in [4.78, 5) is 8.56. The van der Waals surface area contributed by atoms with E-state index < -0.39 is 0 Å². The van der Waals surface area contributed by atoms with Gasteiger partial charge in [-0.1, -0.05) is 0 Å². The maximum Gasteiger partial charge on any atom is 0.191 e. The van der Waals surface area contributed by atoms with Crippen molar-refractivity contribution in [3.63, 3.8) is 0 Å². The topological polar surface area (TPSA) is 85.6 Å². The Hall–Kier alpha value is -2.82. The number of aromatic nitrogens is 3. The molecule has 0 aliphatic carbocycles. The van der Waals surface area contributed by atoms with Crippen molar-refractivity contribution in [1.82, 2.24) is 25.4 Å². The third-order valence-electron chi connectivity index (χ3n) is 3.96. The zero-order valence-electron chi connectivity index (χ0n) is 16.4. The molecule has 0 saturated heterocycles. The summed E-state index contributed by atoms with van der Waals surface area (Å²) in [6, 6.07) is 13.3. The minimum Gasteiger partial charge on any atom is -0.497 e. The van der Waals surface area contributed by atoms with Crippen LogP contribution in [0.15, 0.2) is 66.0 Å². The van der Waals surface area contributed by atoms with Crippen molar-refractivity contribution in [3.8, 4) is 17.3 Å². The fourth-order valence-corrected chi connectivity index (χ4v) is 2.52. The average molecular weight is 508 g/mol. The van der Waals surface area contributed by atoms with Gasteiger partial charge in [0, 0.05) is 32.2 Å². The quantitative estimate of drug-likeness (QED) is 0.211. The Balaban J connectivity index is 0.00000300. The van der Waals surface area contributed by atoms with Gasteiger partial charge in [-0.2, -0.15) is 5.10 Å². The lowest BCUT2D eigenvalue weighted by Gasteiger charge is -2.13. The fourth-order valence-electron chi connectivity index (χ4n) is 2.52. The zero-order chi connectivity index (χ0) is 19.6. The first-order chi connectivity index (χ1) is 13.8. The number of guanidine groups is 1. The number of hydrogen-bond acceptors (Lipinski definition) is 5. The molecule has 8 nitrogen and oxygen atoms in total. The Bertz CT molecular complexity index is 884. The van der Waals surface area contributed by atoms with Crippen molar-refractivity contribution in [2.24, 2.45) is 4.99 Å². The molecule has 0 atom stereocenters. The average Bonchev–Trinajstić information content (AvgIpc) is 3.29. The van der Waals surface area contributed by atoms with Gasteiger partial charge in [0.1, 0.15) is 18.1 Å². The van der Waals surface area contributed by atoms with E-state index in [2.05, 4.69) is 25.7 Å². The van der Waals surface area contributed by atoms with Gasteiger partial charge in [0.15, 0.2) is 11.8 Å². The first-order valence-electron chi connectivity index (χ1n) is 8.95. The van der Waals surface area contributed by atoms with E-state index in [1.165, 1.54) is 0 Å². The zero-order valence-corrected chi connectivity index (χ0v) is 18.7. The van der Waals surface area contributed by atoms with Crippen LogP contribution >= 0.6 is 24.0 Å². The Kier molecular flexibility index (Phi) is 9.22. The van der Waals surface area contributed by atoms with E-state index in [0.717, 1.165) is 22.9 Å². The smallest absolute Gasteiger partial charge is 0.191 e. The molecule has 2 heterocycles. The van der Waals surface area contributed by atoms with Crippen LogP contribution in [0.1, 0.15) is 5.56 Å². The number of benzene rings is 1. The lowest BCUT2D eigenvalue weighted by Crippen LogP contribution is -2.38. The molecule has 29 heavy (non-hydrogen) atoms. The number of aliphatic imine (C=N–C) groups is 1.